The molecule has 6 nitrogen and oxygen atoms in total. The van der Waals surface area contributed by atoms with Gasteiger partial charge in [-0.1, -0.05) is 6.07 Å². The summed E-state index contributed by atoms with van der Waals surface area (Å²) in [6, 6.07) is 11.3. The molecule has 6 heteroatoms. The van der Waals surface area contributed by atoms with Gasteiger partial charge in [0.1, 0.15) is 18.0 Å². The summed E-state index contributed by atoms with van der Waals surface area (Å²) in [6.45, 7) is 2.65. The van der Waals surface area contributed by atoms with E-state index in [1.54, 1.807) is 29.6 Å². The monoisotopic (exact) mass is 363 g/mol. The molecular formula is C21H21N3O3. The second-order valence-electron chi connectivity index (χ2n) is 6.84. The molecule has 0 unspecified atom stereocenters. The average molecular weight is 363 g/mol. The number of hydrogen-bond acceptors (Lipinski definition) is 5. The number of hydrogen-bond donors (Lipinski definition) is 1. The van der Waals surface area contributed by atoms with Gasteiger partial charge in [0.2, 0.25) is 0 Å². The van der Waals surface area contributed by atoms with E-state index in [9.17, 15) is 9.90 Å². The summed E-state index contributed by atoms with van der Waals surface area (Å²) in [5.74, 6) is 0.582. The molecule has 2 atom stereocenters. The minimum absolute atomic E-state index is 0.114. The molecule has 1 N–H and O–H groups in total. The number of likely N-dealkylation sites (tertiary alicyclic amines) is 1. The van der Waals surface area contributed by atoms with Gasteiger partial charge in [0, 0.05) is 42.6 Å². The van der Waals surface area contributed by atoms with Crippen molar-refractivity contribution in [3.05, 3.63) is 66.2 Å². The number of ether oxygens (including phenoxy) is 1. The van der Waals surface area contributed by atoms with E-state index < -0.39 is 6.10 Å². The Labute approximate surface area is 157 Å². The molecule has 1 aliphatic rings. The zero-order chi connectivity index (χ0) is 18.8. The Morgan fingerprint density at radius 3 is 2.85 bits per heavy atom. The van der Waals surface area contributed by atoms with Gasteiger partial charge in [0.25, 0.3) is 5.91 Å². The molecule has 3 heterocycles. The molecule has 1 fully saturated rings. The Balaban J connectivity index is 1.42. The van der Waals surface area contributed by atoms with E-state index in [-0.39, 0.29) is 18.6 Å². The number of aliphatic hydroxyl groups is 1. The van der Waals surface area contributed by atoms with Gasteiger partial charge in [-0.3, -0.25) is 14.8 Å². The fourth-order valence-electron chi connectivity index (χ4n) is 3.32. The van der Waals surface area contributed by atoms with E-state index in [1.807, 2.05) is 37.3 Å². The van der Waals surface area contributed by atoms with Gasteiger partial charge >= 0.3 is 0 Å². The SMILES string of the molecule is Cc1ccc(C(=O)N2CC[C@@H](Oc3ccc4ccncc4c3)[C@H](O)C2)cn1. The largest absolute Gasteiger partial charge is 0.488 e. The van der Waals surface area contributed by atoms with Gasteiger partial charge in [0.05, 0.1) is 12.1 Å². The highest BCUT2D eigenvalue weighted by Gasteiger charge is 2.32. The predicted octanol–water partition coefficient (Wildman–Crippen LogP) is 2.59. The lowest BCUT2D eigenvalue weighted by molar-refractivity contribution is -0.0198. The van der Waals surface area contributed by atoms with Crippen LogP contribution in [-0.2, 0) is 0 Å². The van der Waals surface area contributed by atoms with Crippen LogP contribution in [0.25, 0.3) is 10.8 Å². The Hall–Kier alpha value is -2.99. The molecule has 2 aromatic heterocycles. The van der Waals surface area contributed by atoms with E-state index in [0.29, 0.717) is 24.3 Å². The molecule has 1 aromatic carbocycles. The molecule has 0 spiro atoms. The number of pyridine rings is 2. The van der Waals surface area contributed by atoms with Gasteiger partial charge in [-0.05, 0) is 42.6 Å². The van der Waals surface area contributed by atoms with Crippen molar-refractivity contribution in [3.8, 4) is 5.75 Å². The molecule has 1 saturated heterocycles. The highest BCUT2D eigenvalue weighted by atomic mass is 16.5. The first kappa shape index (κ1) is 17.4. The maximum Gasteiger partial charge on any atom is 0.255 e. The molecule has 1 aliphatic heterocycles. The quantitative estimate of drug-likeness (QED) is 0.774. The number of aliphatic hydroxyl groups excluding tert-OH is 1. The maximum atomic E-state index is 12.6. The third kappa shape index (κ3) is 3.75. The second kappa shape index (κ2) is 7.32. The summed E-state index contributed by atoms with van der Waals surface area (Å²) in [5, 5.41) is 12.6. The molecular weight excluding hydrogens is 342 g/mol. The van der Waals surface area contributed by atoms with Gasteiger partial charge in [-0.2, -0.15) is 0 Å². The summed E-state index contributed by atoms with van der Waals surface area (Å²) in [4.78, 5) is 22.5. The third-order valence-corrected chi connectivity index (χ3v) is 4.87. The summed E-state index contributed by atoms with van der Waals surface area (Å²) in [6.07, 6.45) is 4.59. The molecule has 3 aromatic rings. The van der Waals surface area contributed by atoms with Crippen LogP contribution in [0, 0.1) is 6.92 Å². The minimum atomic E-state index is -0.745. The number of amides is 1. The van der Waals surface area contributed by atoms with Crippen molar-refractivity contribution in [1.82, 2.24) is 14.9 Å². The van der Waals surface area contributed by atoms with Crippen molar-refractivity contribution in [1.29, 1.82) is 0 Å². The Morgan fingerprint density at radius 2 is 2.07 bits per heavy atom. The van der Waals surface area contributed by atoms with Crippen LogP contribution in [0.1, 0.15) is 22.5 Å². The second-order valence-corrected chi connectivity index (χ2v) is 6.84. The topological polar surface area (TPSA) is 75.6 Å². The lowest BCUT2D eigenvalue weighted by Crippen LogP contribution is -2.51. The number of aromatic nitrogens is 2. The normalized spacial score (nSPS) is 19.9. The highest BCUT2D eigenvalue weighted by molar-refractivity contribution is 5.94. The first-order valence-corrected chi connectivity index (χ1v) is 9.00. The molecule has 0 aliphatic carbocycles. The number of rotatable bonds is 3. The number of nitrogens with zero attached hydrogens (tertiary/aromatic N) is 3. The van der Waals surface area contributed by atoms with Crippen molar-refractivity contribution >= 4 is 16.7 Å². The van der Waals surface area contributed by atoms with E-state index in [0.717, 1.165) is 16.5 Å². The van der Waals surface area contributed by atoms with Crippen molar-refractivity contribution in [3.63, 3.8) is 0 Å². The molecule has 138 valence electrons. The van der Waals surface area contributed by atoms with Crippen LogP contribution in [0.5, 0.6) is 5.75 Å². The average Bonchev–Trinajstić information content (AvgIpc) is 2.69. The van der Waals surface area contributed by atoms with Crippen LogP contribution in [0.2, 0.25) is 0 Å². The number of β-amino-alcohol motifs (C(OH)–C–C–N with tert-alkyl or cyclic N) is 1. The first-order chi connectivity index (χ1) is 13.1. The van der Waals surface area contributed by atoms with Crippen LogP contribution in [-0.4, -0.2) is 51.2 Å². The van der Waals surface area contributed by atoms with Crippen molar-refractivity contribution in [2.24, 2.45) is 0 Å². The van der Waals surface area contributed by atoms with Gasteiger partial charge < -0.3 is 14.7 Å². The molecule has 1 amide bonds. The number of piperidine rings is 1. The van der Waals surface area contributed by atoms with Crippen LogP contribution in [0.3, 0.4) is 0 Å². The number of carbonyl (C=O) groups excluding carboxylic acids is 1. The fourth-order valence-corrected chi connectivity index (χ4v) is 3.32. The van der Waals surface area contributed by atoms with E-state index in [2.05, 4.69) is 9.97 Å². The summed E-state index contributed by atoms with van der Waals surface area (Å²) >= 11 is 0. The summed E-state index contributed by atoms with van der Waals surface area (Å²) in [5.41, 5.74) is 1.40. The lowest BCUT2D eigenvalue weighted by atomic mass is 10.0. The molecule has 4 rings (SSSR count). The predicted molar refractivity (Wildman–Crippen MR) is 102 cm³/mol. The molecule has 0 bridgehead atoms. The van der Waals surface area contributed by atoms with Gasteiger partial charge in [-0.25, -0.2) is 0 Å². The van der Waals surface area contributed by atoms with Crippen molar-refractivity contribution in [2.45, 2.75) is 25.6 Å². The standard InChI is InChI=1S/C21H21N3O3/c1-14-2-3-16(12-23-14)21(26)24-9-7-20(19(25)13-24)27-18-5-4-15-6-8-22-11-17(15)10-18/h2-6,8,10-12,19-20,25H,7,9,13H2,1H3/t19-,20-/m1/s1. The molecule has 0 saturated carbocycles. The maximum absolute atomic E-state index is 12.6. The summed E-state index contributed by atoms with van der Waals surface area (Å²) in [7, 11) is 0. The smallest absolute Gasteiger partial charge is 0.255 e. The fraction of sp³-hybridized carbons (Fsp3) is 0.286. The van der Waals surface area contributed by atoms with E-state index >= 15 is 0 Å². The first-order valence-electron chi connectivity index (χ1n) is 9.00. The molecule has 27 heavy (non-hydrogen) atoms. The van der Waals surface area contributed by atoms with Gasteiger partial charge in [0.15, 0.2) is 0 Å². The number of carbonyl (C=O) groups is 1. The van der Waals surface area contributed by atoms with Gasteiger partial charge in [-0.15, -0.1) is 0 Å². The van der Waals surface area contributed by atoms with Crippen LogP contribution >= 0.6 is 0 Å². The number of aryl methyl sites for hydroxylation is 1. The van der Waals surface area contributed by atoms with Crippen molar-refractivity contribution in [2.75, 3.05) is 13.1 Å². The lowest BCUT2D eigenvalue weighted by Gasteiger charge is -2.36. The highest BCUT2D eigenvalue weighted by Crippen LogP contribution is 2.24. The number of benzene rings is 1. The third-order valence-electron chi connectivity index (χ3n) is 4.87. The van der Waals surface area contributed by atoms with Crippen LogP contribution < -0.4 is 4.74 Å². The van der Waals surface area contributed by atoms with Crippen molar-refractivity contribution < 1.29 is 14.6 Å². The van der Waals surface area contributed by atoms with E-state index in [4.69, 9.17) is 4.74 Å². The Bertz CT molecular complexity index is 958. The van der Waals surface area contributed by atoms with E-state index in [1.165, 1.54) is 0 Å². The molecule has 0 radical (unpaired) electrons. The summed E-state index contributed by atoms with van der Waals surface area (Å²) < 4.78 is 6.00. The Kier molecular flexibility index (Phi) is 4.73. The zero-order valence-corrected chi connectivity index (χ0v) is 15.1. The Morgan fingerprint density at radius 1 is 1.19 bits per heavy atom. The number of fused-ring (bicyclic) bond motifs is 1. The van der Waals surface area contributed by atoms with Crippen LogP contribution in [0.4, 0.5) is 0 Å². The minimum Gasteiger partial charge on any atom is -0.488 e. The zero-order valence-electron chi connectivity index (χ0n) is 15.1. The van der Waals surface area contributed by atoms with Crippen LogP contribution in [0.15, 0.2) is 55.0 Å².